The van der Waals surface area contributed by atoms with E-state index in [0.29, 0.717) is 15.7 Å². The van der Waals surface area contributed by atoms with Crippen molar-refractivity contribution in [3.8, 4) is 5.75 Å². The molecule has 4 aromatic carbocycles. The molecule has 0 saturated heterocycles. The number of nitrogens with one attached hydrogen (secondary N) is 3. The topological polar surface area (TPSA) is 126 Å². The van der Waals surface area contributed by atoms with Crippen LogP contribution in [0.4, 0.5) is 11.4 Å². The van der Waals surface area contributed by atoms with Crippen molar-refractivity contribution < 1.29 is 23.9 Å². The number of amides is 3. The van der Waals surface area contributed by atoms with Crippen LogP contribution in [0, 0.1) is 0 Å². The van der Waals surface area contributed by atoms with E-state index < -0.39 is 23.7 Å². The fourth-order valence-corrected chi connectivity index (χ4v) is 4.14. The Balaban J connectivity index is 1.38. The Morgan fingerprint density at radius 3 is 2.19 bits per heavy atom. The molecule has 42 heavy (non-hydrogen) atoms. The zero-order valence-corrected chi connectivity index (χ0v) is 24.9. The normalized spacial score (nSPS) is 10.8. The molecule has 0 heterocycles. The van der Waals surface area contributed by atoms with Gasteiger partial charge in [-0.1, -0.05) is 74.3 Å². The van der Waals surface area contributed by atoms with Gasteiger partial charge in [0, 0.05) is 26.3 Å². The van der Waals surface area contributed by atoms with Gasteiger partial charge in [0.15, 0.2) is 0 Å². The summed E-state index contributed by atoms with van der Waals surface area (Å²) in [5.74, 6) is -3.00. The minimum Gasteiger partial charge on any atom is -0.423 e. The lowest BCUT2D eigenvalue weighted by atomic mass is 10.1. The van der Waals surface area contributed by atoms with Crippen molar-refractivity contribution in [3.05, 3.63) is 129 Å². The van der Waals surface area contributed by atoms with Crippen LogP contribution in [0.5, 0.6) is 5.75 Å². The Kier molecular flexibility index (Phi) is 10.5. The highest BCUT2D eigenvalue weighted by molar-refractivity contribution is 9.10. The Labute approximate surface area is 257 Å². The first-order valence-electron chi connectivity index (χ1n) is 12.3. The molecule has 0 unspecified atom stereocenters. The number of anilines is 2. The smallest absolute Gasteiger partial charge is 0.336 e. The van der Waals surface area contributed by atoms with E-state index in [1.165, 1.54) is 24.4 Å². The summed E-state index contributed by atoms with van der Waals surface area (Å²) in [7, 11) is 0. The summed E-state index contributed by atoms with van der Waals surface area (Å²) in [6, 6.07) is 27.4. The number of carbonyl (C=O) groups excluding carboxylic acids is 4. The zero-order chi connectivity index (χ0) is 29.9. The molecule has 0 aromatic heterocycles. The van der Waals surface area contributed by atoms with Crippen molar-refractivity contribution in [3.63, 3.8) is 0 Å². The molecule has 3 N–H and O–H groups in total. The van der Waals surface area contributed by atoms with Crippen LogP contribution < -0.4 is 20.8 Å². The lowest BCUT2D eigenvalue weighted by Crippen LogP contribution is -2.33. The number of rotatable bonds is 8. The van der Waals surface area contributed by atoms with E-state index in [4.69, 9.17) is 4.74 Å². The van der Waals surface area contributed by atoms with Gasteiger partial charge in [0.2, 0.25) is 0 Å². The van der Waals surface area contributed by atoms with Gasteiger partial charge < -0.3 is 15.4 Å². The number of benzene rings is 4. The fourth-order valence-electron chi connectivity index (χ4n) is 3.50. The Morgan fingerprint density at radius 2 is 1.43 bits per heavy atom. The maximum atomic E-state index is 12.8. The minimum absolute atomic E-state index is 0.140. The molecule has 0 fully saturated rings. The van der Waals surface area contributed by atoms with Crippen molar-refractivity contribution in [2.45, 2.75) is 0 Å². The van der Waals surface area contributed by atoms with Gasteiger partial charge in [-0.2, -0.15) is 5.10 Å². The highest BCUT2D eigenvalue weighted by Crippen LogP contribution is 2.22. The van der Waals surface area contributed by atoms with E-state index in [1.54, 1.807) is 60.7 Å². The first-order valence-corrected chi connectivity index (χ1v) is 13.9. The average Bonchev–Trinajstić information content (AvgIpc) is 2.99. The molecular weight excluding hydrogens is 668 g/mol. The van der Waals surface area contributed by atoms with Crippen LogP contribution in [0.3, 0.4) is 0 Å². The molecule has 0 radical (unpaired) electrons. The van der Waals surface area contributed by atoms with Crippen LogP contribution in [-0.4, -0.2) is 29.9 Å². The maximum Gasteiger partial charge on any atom is 0.336 e. The Morgan fingerprint density at radius 1 is 0.738 bits per heavy atom. The molecule has 0 saturated carbocycles. The summed E-state index contributed by atoms with van der Waals surface area (Å²) in [6.07, 6.45) is 4.15. The summed E-state index contributed by atoms with van der Waals surface area (Å²) in [5, 5.41) is 9.00. The number of hydrazone groups is 1. The van der Waals surface area contributed by atoms with Gasteiger partial charge in [0.25, 0.3) is 5.91 Å². The number of para-hydroxylation sites is 1. The molecule has 4 aromatic rings. The first kappa shape index (κ1) is 30.1. The third-order valence-electron chi connectivity index (χ3n) is 5.49. The summed E-state index contributed by atoms with van der Waals surface area (Å²) in [5.41, 5.74) is 4.19. The van der Waals surface area contributed by atoms with Gasteiger partial charge in [-0.15, -0.1) is 0 Å². The van der Waals surface area contributed by atoms with E-state index in [1.807, 2.05) is 30.3 Å². The van der Waals surface area contributed by atoms with Crippen LogP contribution in [0.25, 0.3) is 6.08 Å². The summed E-state index contributed by atoms with van der Waals surface area (Å²) in [6.45, 7) is 0. The van der Waals surface area contributed by atoms with Crippen molar-refractivity contribution in [2.24, 2.45) is 5.10 Å². The second kappa shape index (κ2) is 14.7. The molecule has 3 amide bonds. The van der Waals surface area contributed by atoms with Crippen molar-refractivity contribution in [2.75, 3.05) is 10.6 Å². The van der Waals surface area contributed by atoms with E-state index in [-0.39, 0.29) is 17.0 Å². The number of hydrogen-bond acceptors (Lipinski definition) is 6. The molecular formula is C31H22Br2N4O5. The monoisotopic (exact) mass is 688 g/mol. The van der Waals surface area contributed by atoms with Crippen molar-refractivity contribution in [1.82, 2.24) is 5.43 Å². The fraction of sp³-hybridized carbons (Fsp3) is 0. The van der Waals surface area contributed by atoms with Gasteiger partial charge in [-0.25, -0.2) is 10.2 Å². The number of esters is 1. The summed E-state index contributed by atoms with van der Waals surface area (Å²) < 4.78 is 6.95. The Bertz CT molecular complexity index is 1670. The van der Waals surface area contributed by atoms with E-state index >= 15 is 0 Å². The van der Waals surface area contributed by atoms with Crippen LogP contribution in [0.15, 0.2) is 117 Å². The molecule has 9 nitrogen and oxygen atoms in total. The van der Waals surface area contributed by atoms with Gasteiger partial charge in [-0.3, -0.25) is 14.4 Å². The number of ether oxygens (including phenoxy) is 1. The summed E-state index contributed by atoms with van der Waals surface area (Å²) in [4.78, 5) is 50.2. The molecule has 0 atom stereocenters. The quantitative estimate of drug-likeness (QED) is 0.0510. The number of halogens is 2. The second-order valence-electron chi connectivity index (χ2n) is 8.51. The van der Waals surface area contributed by atoms with Gasteiger partial charge in [-0.05, 0) is 66.2 Å². The van der Waals surface area contributed by atoms with Gasteiger partial charge in [0.05, 0.1) is 17.5 Å². The predicted octanol–water partition coefficient (Wildman–Crippen LogP) is 6.17. The molecule has 0 spiro atoms. The van der Waals surface area contributed by atoms with Crippen molar-refractivity contribution in [1.29, 1.82) is 0 Å². The third kappa shape index (κ3) is 8.82. The minimum atomic E-state index is -1.08. The SMILES string of the molecule is O=C(C=Cc1ccccc1)Oc1ccc(Br)cc1C=NNC(=O)C(=O)Nc1ccccc1C(=O)Nc1ccc(Br)cc1. The highest BCUT2D eigenvalue weighted by atomic mass is 79.9. The molecule has 4 rings (SSSR count). The molecule has 0 aliphatic heterocycles. The largest absolute Gasteiger partial charge is 0.423 e. The van der Waals surface area contributed by atoms with Gasteiger partial charge in [0.1, 0.15) is 5.75 Å². The molecule has 11 heteroatoms. The van der Waals surface area contributed by atoms with Crippen LogP contribution in [-0.2, 0) is 14.4 Å². The van der Waals surface area contributed by atoms with Crippen molar-refractivity contribution >= 4 is 79.2 Å². The van der Waals surface area contributed by atoms with Crippen LogP contribution in [0.2, 0.25) is 0 Å². The lowest BCUT2D eigenvalue weighted by molar-refractivity contribution is -0.136. The maximum absolute atomic E-state index is 12.8. The van der Waals surface area contributed by atoms with Crippen LogP contribution >= 0.6 is 31.9 Å². The molecule has 0 aliphatic rings. The second-order valence-corrected chi connectivity index (χ2v) is 10.3. The van der Waals surface area contributed by atoms with Crippen LogP contribution in [0.1, 0.15) is 21.5 Å². The molecule has 0 aliphatic carbocycles. The summed E-state index contributed by atoms with van der Waals surface area (Å²) >= 11 is 6.68. The average molecular weight is 690 g/mol. The number of carbonyl (C=O) groups is 4. The Hall–Kier alpha value is -4.87. The predicted molar refractivity (Wildman–Crippen MR) is 168 cm³/mol. The van der Waals surface area contributed by atoms with Gasteiger partial charge >= 0.3 is 17.8 Å². The molecule has 0 bridgehead atoms. The highest BCUT2D eigenvalue weighted by Gasteiger charge is 2.18. The third-order valence-corrected chi connectivity index (χ3v) is 6.51. The lowest BCUT2D eigenvalue weighted by Gasteiger charge is -2.11. The van der Waals surface area contributed by atoms with E-state index in [9.17, 15) is 19.2 Å². The van der Waals surface area contributed by atoms with E-state index in [0.717, 1.165) is 10.0 Å². The molecule has 210 valence electrons. The van der Waals surface area contributed by atoms with E-state index in [2.05, 4.69) is 53.0 Å². The first-order chi connectivity index (χ1) is 20.3. The zero-order valence-electron chi connectivity index (χ0n) is 21.7. The number of nitrogens with zero attached hydrogens (tertiary/aromatic N) is 1. The standard InChI is InChI=1S/C31H22Br2N4O5/c32-22-11-14-24(15-12-22)35-29(39)25-8-4-5-9-26(25)36-30(40)31(41)37-34-19-21-18-23(33)13-16-27(21)42-28(38)17-10-20-6-2-1-3-7-20/h1-19H,(H,35,39)(H,36,40)(H,37,41). The number of hydrogen-bond donors (Lipinski definition) is 3.